The van der Waals surface area contributed by atoms with Crippen molar-refractivity contribution in [2.45, 2.75) is 39.3 Å². The highest BCUT2D eigenvalue weighted by Crippen LogP contribution is 2.23. The van der Waals surface area contributed by atoms with E-state index in [9.17, 15) is 0 Å². The van der Waals surface area contributed by atoms with Gasteiger partial charge in [0.1, 0.15) is 0 Å². The van der Waals surface area contributed by atoms with Crippen LogP contribution in [0.4, 0.5) is 0 Å². The predicted octanol–water partition coefficient (Wildman–Crippen LogP) is 2.96. The Morgan fingerprint density at radius 3 is 2.59 bits per heavy atom. The molecule has 0 radical (unpaired) electrons. The summed E-state index contributed by atoms with van der Waals surface area (Å²) in [6, 6.07) is 2.85. The Kier molecular flexibility index (Phi) is 6.09. The number of aromatic nitrogens is 1. The van der Waals surface area contributed by atoms with Gasteiger partial charge < -0.3 is 5.73 Å². The summed E-state index contributed by atoms with van der Waals surface area (Å²) in [5.41, 5.74) is 7.12. The van der Waals surface area contributed by atoms with E-state index in [0.717, 1.165) is 17.4 Å². The molecule has 0 spiro atoms. The lowest BCUT2D eigenvalue weighted by molar-refractivity contribution is 0.157. The lowest BCUT2D eigenvalue weighted by Gasteiger charge is -2.34. The predicted molar refractivity (Wildman–Crippen MR) is 75.9 cm³/mol. The van der Waals surface area contributed by atoms with E-state index in [4.69, 9.17) is 5.73 Å². The maximum atomic E-state index is 5.94. The third-order valence-electron chi connectivity index (χ3n) is 2.88. The quantitative estimate of drug-likeness (QED) is 0.878. The Labute approximate surface area is 113 Å². The van der Waals surface area contributed by atoms with Gasteiger partial charge in [-0.3, -0.25) is 9.88 Å². The van der Waals surface area contributed by atoms with Crippen molar-refractivity contribution in [1.29, 1.82) is 0 Å². The van der Waals surface area contributed by atoms with Crippen LogP contribution in [0.5, 0.6) is 0 Å². The van der Waals surface area contributed by atoms with E-state index in [1.807, 2.05) is 6.20 Å². The van der Waals surface area contributed by atoms with E-state index in [1.54, 1.807) is 6.20 Å². The molecular formula is C13H22BrN3. The Hall–Kier alpha value is -0.450. The van der Waals surface area contributed by atoms with Crippen LogP contribution in [0.2, 0.25) is 0 Å². The molecule has 1 atom stereocenters. The monoisotopic (exact) mass is 299 g/mol. The molecule has 1 unspecified atom stereocenters. The average Bonchev–Trinajstić information content (AvgIpc) is 2.29. The second-order valence-electron chi connectivity index (χ2n) is 4.52. The van der Waals surface area contributed by atoms with E-state index in [-0.39, 0.29) is 6.04 Å². The molecule has 0 saturated heterocycles. The number of pyridine rings is 1. The molecule has 4 heteroatoms. The molecule has 1 rings (SSSR count). The molecule has 17 heavy (non-hydrogen) atoms. The van der Waals surface area contributed by atoms with E-state index >= 15 is 0 Å². The molecule has 2 N–H and O–H groups in total. The first-order valence-electron chi connectivity index (χ1n) is 6.16. The fraction of sp³-hybridized carbons (Fsp3) is 0.615. The third kappa shape index (κ3) is 4.05. The van der Waals surface area contributed by atoms with Gasteiger partial charge in [0.05, 0.1) is 0 Å². The van der Waals surface area contributed by atoms with E-state index < -0.39 is 0 Å². The first-order chi connectivity index (χ1) is 8.10. The molecule has 3 nitrogen and oxygen atoms in total. The lowest BCUT2D eigenvalue weighted by atomic mass is 10.1. The molecule has 1 aromatic rings. The summed E-state index contributed by atoms with van der Waals surface area (Å²) in [5.74, 6) is 0. The Bertz CT molecular complexity index is 341. The summed E-state index contributed by atoms with van der Waals surface area (Å²) in [7, 11) is 0. The number of hydrogen-bond acceptors (Lipinski definition) is 3. The minimum atomic E-state index is 0.250. The zero-order valence-electron chi connectivity index (χ0n) is 10.9. The van der Waals surface area contributed by atoms with Crippen LogP contribution in [-0.2, 0) is 0 Å². The fourth-order valence-electron chi connectivity index (χ4n) is 2.11. The van der Waals surface area contributed by atoms with Crippen molar-refractivity contribution in [1.82, 2.24) is 9.88 Å². The summed E-state index contributed by atoms with van der Waals surface area (Å²) >= 11 is 3.46. The van der Waals surface area contributed by atoms with Gasteiger partial charge in [-0.1, -0.05) is 6.92 Å². The summed E-state index contributed by atoms with van der Waals surface area (Å²) < 4.78 is 1.01. The minimum absolute atomic E-state index is 0.250. The van der Waals surface area contributed by atoms with E-state index in [1.165, 1.54) is 5.56 Å². The highest BCUT2D eigenvalue weighted by Gasteiger charge is 2.21. The van der Waals surface area contributed by atoms with Crippen LogP contribution in [0.15, 0.2) is 22.9 Å². The van der Waals surface area contributed by atoms with Crippen molar-refractivity contribution < 1.29 is 0 Å². The van der Waals surface area contributed by atoms with Gasteiger partial charge in [0.2, 0.25) is 0 Å². The zero-order valence-corrected chi connectivity index (χ0v) is 12.4. The molecule has 0 fully saturated rings. The van der Waals surface area contributed by atoms with Crippen molar-refractivity contribution in [2.75, 3.05) is 13.1 Å². The largest absolute Gasteiger partial charge is 0.329 e. The second-order valence-corrected chi connectivity index (χ2v) is 5.44. The third-order valence-corrected chi connectivity index (χ3v) is 3.31. The topological polar surface area (TPSA) is 42.1 Å². The first-order valence-corrected chi connectivity index (χ1v) is 6.95. The van der Waals surface area contributed by atoms with Gasteiger partial charge in [-0.2, -0.15) is 0 Å². The van der Waals surface area contributed by atoms with Gasteiger partial charge in [0, 0.05) is 35.5 Å². The zero-order chi connectivity index (χ0) is 12.8. The lowest BCUT2D eigenvalue weighted by Crippen LogP contribution is -2.39. The van der Waals surface area contributed by atoms with Crippen LogP contribution in [0, 0.1) is 0 Å². The second kappa shape index (κ2) is 7.09. The Balaban J connectivity index is 2.95. The van der Waals surface area contributed by atoms with Gasteiger partial charge in [-0.25, -0.2) is 0 Å². The molecule has 1 aromatic heterocycles. The molecule has 0 amide bonds. The maximum absolute atomic E-state index is 5.94. The summed E-state index contributed by atoms with van der Waals surface area (Å²) in [4.78, 5) is 6.66. The molecule has 0 saturated carbocycles. The molecular weight excluding hydrogens is 278 g/mol. The summed E-state index contributed by atoms with van der Waals surface area (Å²) in [6.45, 7) is 8.30. The standard InChI is InChI=1S/C13H22BrN3/c1-4-5-17(10(2)3)13(7-15)11-6-12(14)9-16-8-11/h6,8-10,13H,4-5,7,15H2,1-3H3. The first kappa shape index (κ1) is 14.6. The van der Waals surface area contributed by atoms with Crippen LogP contribution in [0.25, 0.3) is 0 Å². The molecule has 0 aromatic carbocycles. The molecule has 0 aliphatic carbocycles. The Morgan fingerprint density at radius 2 is 2.12 bits per heavy atom. The molecule has 96 valence electrons. The summed E-state index contributed by atoms with van der Waals surface area (Å²) in [5, 5.41) is 0. The highest BCUT2D eigenvalue weighted by molar-refractivity contribution is 9.10. The van der Waals surface area contributed by atoms with E-state index in [2.05, 4.69) is 52.7 Å². The maximum Gasteiger partial charge on any atom is 0.0488 e. The molecule has 0 aliphatic rings. The molecule has 1 heterocycles. The number of hydrogen-bond donors (Lipinski definition) is 1. The number of nitrogens with two attached hydrogens (primary N) is 1. The van der Waals surface area contributed by atoms with E-state index in [0.29, 0.717) is 12.6 Å². The fourth-order valence-corrected chi connectivity index (χ4v) is 2.49. The normalized spacial score (nSPS) is 13.4. The average molecular weight is 300 g/mol. The van der Waals surface area contributed by atoms with Crippen molar-refractivity contribution in [3.8, 4) is 0 Å². The Morgan fingerprint density at radius 1 is 1.41 bits per heavy atom. The molecule has 0 bridgehead atoms. The van der Waals surface area contributed by atoms with Crippen molar-refractivity contribution in [3.63, 3.8) is 0 Å². The van der Waals surface area contributed by atoms with Crippen molar-refractivity contribution in [2.24, 2.45) is 5.73 Å². The van der Waals surface area contributed by atoms with Gasteiger partial charge in [0.15, 0.2) is 0 Å². The van der Waals surface area contributed by atoms with Gasteiger partial charge in [-0.15, -0.1) is 0 Å². The van der Waals surface area contributed by atoms with Crippen LogP contribution in [-0.4, -0.2) is 29.0 Å². The van der Waals surface area contributed by atoms with Crippen molar-refractivity contribution >= 4 is 15.9 Å². The SMILES string of the molecule is CCCN(C(C)C)C(CN)c1cncc(Br)c1. The van der Waals surface area contributed by atoms with Crippen LogP contribution in [0.1, 0.15) is 38.8 Å². The molecule has 0 aliphatic heterocycles. The van der Waals surface area contributed by atoms with Gasteiger partial charge in [-0.05, 0) is 54.4 Å². The van der Waals surface area contributed by atoms with Gasteiger partial charge >= 0.3 is 0 Å². The summed E-state index contributed by atoms with van der Waals surface area (Å²) in [6.07, 6.45) is 4.85. The number of nitrogens with zero attached hydrogens (tertiary/aromatic N) is 2. The van der Waals surface area contributed by atoms with Crippen LogP contribution >= 0.6 is 15.9 Å². The van der Waals surface area contributed by atoms with Gasteiger partial charge in [0.25, 0.3) is 0 Å². The van der Waals surface area contributed by atoms with Crippen molar-refractivity contribution in [3.05, 3.63) is 28.5 Å². The number of halogens is 1. The van der Waals surface area contributed by atoms with Crippen LogP contribution < -0.4 is 5.73 Å². The highest BCUT2D eigenvalue weighted by atomic mass is 79.9. The number of rotatable bonds is 6. The minimum Gasteiger partial charge on any atom is -0.329 e. The smallest absolute Gasteiger partial charge is 0.0488 e. The van der Waals surface area contributed by atoms with Crippen LogP contribution in [0.3, 0.4) is 0 Å².